The van der Waals surface area contributed by atoms with E-state index in [0.29, 0.717) is 5.41 Å². The van der Waals surface area contributed by atoms with Gasteiger partial charge in [-0.1, -0.05) is 57.4 Å². The molecule has 4 unspecified atom stereocenters. The molecule has 0 N–H and O–H groups in total. The third kappa shape index (κ3) is 1.95. The molecule has 0 aliphatic heterocycles. The number of fused-ring (bicyclic) bond motifs is 1. The first-order valence-corrected chi connectivity index (χ1v) is 8.22. The molecule has 0 amide bonds. The van der Waals surface area contributed by atoms with Gasteiger partial charge in [-0.2, -0.15) is 0 Å². The number of hydrogen-bond donors (Lipinski definition) is 0. The standard InChI is InChI=1S/C19H28/c1-14-8-4-5-9-17(14)19-13-7-6-10-18(19)15(2)11-12-16(19)3/h4-5,8-9,15-16,18H,6-7,10-13H2,1-3H3. The molecule has 3 rings (SSSR count). The van der Waals surface area contributed by atoms with Crippen LogP contribution in [-0.2, 0) is 5.41 Å². The molecule has 2 fully saturated rings. The predicted octanol–water partition coefficient (Wildman–Crippen LogP) is 5.49. The molecule has 4 atom stereocenters. The number of rotatable bonds is 1. The Morgan fingerprint density at radius 3 is 2.58 bits per heavy atom. The van der Waals surface area contributed by atoms with Gasteiger partial charge in [0.2, 0.25) is 0 Å². The molecule has 0 bridgehead atoms. The molecule has 0 heteroatoms. The van der Waals surface area contributed by atoms with Gasteiger partial charge in [0.05, 0.1) is 0 Å². The van der Waals surface area contributed by atoms with E-state index in [2.05, 4.69) is 45.0 Å². The van der Waals surface area contributed by atoms with Crippen molar-refractivity contribution in [3.05, 3.63) is 35.4 Å². The van der Waals surface area contributed by atoms with Gasteiger partial charge in [-0.15, -0.1) is 0 Å². The van der Waals surface area contributed by atoms with Crippen molar-refractivity contribution in [3.63, 3.8) is 0 Å². The molecule has 0 aromatic heterocycles. The summed E-state index contributed by atoms with van der Waals surface area (Å²) in [6.07, 6.45) is 8.64. The second-order valence-corrected chi connectivity index (χ2v) is 7.16. The third-order valence-corrected chi connectivity index (χ3v) is 6.29. The Hall–Kier alpha value is -0.780. The SMILES string of the molecule is Cc1ccccc1C12CCCCC1C(C)CCC2C. The van der Waals surface area contributed by atoms with Crippen LogP contribution in [0.5, 0.6) is 0 Å². The first-order chi connectivity index (χ1) is 9.16. The molecule has 1 aromatic rings. The topological polar surface area (TPSA) is 0 Å². The van der Waals surface area contributed by atoms with Gasteiger partial charge in [-0.25, -0.2) is 0 Å². The van der Waals surface area contributed by atoms with E-state index >= 15 is 0 Å². The van der Waals surface area contributed by atoms with Gasteiger partial charge < -0.3 is 0 Å². The third-order valence-electron chi connectivity index (χ3n) is 6.29. The first-order valence-electron chi connectivity index (χ1n) is 8.22. The van der Waals surface area contributed by atoms with Gasteiger partial charge in [0.25, 0.3) is 0 Å². The average molecular weight is 256 g/mol. The van der Waals surface area contributed by atoms with Crippen LogP contribution >= 0.6 is 0 Å². The Morgan fingerprint density at radius 1 is 1.00 bits per heavy atom. The van der Waals surface area contributed by atoms with E-state index in [0.717, 1.165) is 17.8 Å². The fraction of sp³-hybridized carbons (Fsp3) is 0.684. The van der Waals surface area contributed by atoms with Crippen molar-refractivity contribution in [2.45, 2.75) is 64.7 Å². The Balaban J connectivity index is 2.12. The first kappa shape index (κ1) is 13.2. The predicted molar refractivity (Wildman–Crippen MR) is 82.4 cm³/mol. The quantitative estimate of drug-likeness (QED) is 0.623. The van der Waals surface area contributed by atoms with E-state index < -0.39 is 0 Å². The lowest BCUT2D eigenvalue weighted by Gasteiger charge is -2.55. The zero-order chi connectivity index (χ0) is 13.5. The van der Waals surface area contributed by atoms with Gasteiger partial charge in [0.15, 0.2) is 0 Å². The Bertz CT molecular complexity index is 447. The highest BCUT2D eigenvalue weighted by Gasteiger charge is 2.50. The van der Waals surface area contributed by atoms with Crippen LogP contribution in [0, 0.1) is 24.7 Å². The smallest absolute Gasteiger partial charge is 0.00120 e. The molecule has 1 aromatic carbocycles. The molecule has 0 spiro atoms. The molecule has 0 nitrogen and oxygen atoms in total. The van der Waals surface area contributed by atoms with Crippen molar-refractivity contribution in [3.8, 4) is 0 Å². The van der Waals surface area contributed by atoms with Gasteiger partial charge >= 0.3 is 0 Å². The molecular formula is C19H28. The van der Waals surface area contributed by atoms with E-state index in [4.69, 9.17) is 0 Å². The number of benzene rings is 1. The van der Waals surface area contributed by atoms with Gasteiger partial charge in [-0.3, -0.25) is 0 Å². The summed E-state index contributed by atoms with van der Waals surface area (Å²) in [5.41, 5.74) is 3.69. The minimum Gasteiger partial charge on any atom is -0.0622 e. The Labute approximate surface area is 118 Å². The second-order valence-electron chi connectivity index (χ2n) is 7.16. The summed E-state index contributed by atoms with van der Waals surface area (Å²) in [5, 5.41) is 0. The van der Waals surface area contributed by atoms with E-state index in [1.54, 1.807) is 5.56 Å². The van der Waals surface area contributed by atoms with Gasteiger partial charge in [0, 0.05) is 5.41 Å². The summed E-state index contributed by atoms with van der Waals surface area (Å²) in [6, 6.07) is 9.21. The van der Waals surface area contributed by atoms with Crippen molar-refractivity contribution in [1.29, 1.82) is 0 Å². The molecule has 0 radical (unpaired) electrons. The fourth-order valence-corrected chi connectivity index (χ4v) is 5.30. The van der Waals surface area contributed by atoms with Crippen LogP contribution in [0.15, 0.2) is 24.3 Å². The maximum absolute atomic E-state index is 2.52. The van der Waals surface area contributed by atoms with Crippen LogP contribution in [0.4, 0.5) is 0 Å². The van der Waals surface area contributed by atoms with Crippen LogP contribution in [0.25, 0.3) is 0 Å². The number of hydrogen-bond acceptors (Lipinski definition) is 0. The maximum atomic E-state index is 2.52. The molecule has 2 aliphatic carbocycles. The minimum absolute atomic E-state index is 0.487. The highest BCUT2D eigenvalue weighted by Crippen LogP contribution is 2.57. The molecule has 2 aliphatic rings. The summed E-state index contributed by atoms with van der Waals surface area (Å²) in [5.74, 6) is 2.69. The van der Waals surface area contributed by atoms with Crippen molar-refractivity contribution in [1.82, 2.24) is 0 Å². The molecule has 2 saturated carbocycles. The van der Waals surface area contributed by atoms with E-state index in [9.17, 15) is 0 Å². The summed E-state index contributed by atoms with van der Waals surface area (Å²) in [6.45, 7) is 7.35. The second kappa shape index (κ2) is 4.96. The van der Waals surface area contributed by atoms with E-state index in [1.807, 2.05) is 0 Å². The summed E-state index contributed by atoms with van der Waals surface area (Å²) in [7, 11) is 0. The maximum Gasteiger partial charge on any atom is 0.00120 e. The molecule has 0 heterocycles. The Kier molecular flexibility index (Phi) is 3.45. The lowest BCUT2D eigenvalue weighted by atomic mass is 9.49. The highest BCUT2D eigenvalue weighted by molar-refractivity contribution is 5.36. The monoisotopic (exact) mass is 256 g/mol. The number of aryl methyl sites for hydroxylation is 1. The summed E-state index contributed by atoms with van der Waals surface area (Å²) in [4.78, 5) is 0. The minimum atomic E-state index is 0.487. The molecule has 0 saturated heterocycles. The van der Waals surface area contributed by atoms with Crippen molar-refractivity contribution in [2.75, 3.05) is 0 Å². The highest BCUT2D eigenvalue weighted by atomic mass is 14.5. The van der Waals surface area contributed by atoms with Crippen LogP contribution in [0.3, 0.4) is 0 Å². The van der Waals surface area contributed by atoms with Crippen molar-refractivity contribution >= 4 is 0 Å². The van der Waals surface area contributed by atoms with Crippen molar-refractivity contribution < 1.29 is 0 Å². The summed E-state index contributed by atoms with van der Waals surface area (Å²) >= 11 is 0. The zero-order valence-electron chi connectivity index (χ0n) is 12.8. The molecular weight excluding hydrogens is 228 g/mol. The van der Waals surface area contributed by atoms with E-state index in [1.165, 1.54) is 44.1 Å². The zero-order valence-corrected chi connectivity index (χ0v) is 12.8. The lowest BCUT2D eigenvalue weighted by molar-refractivity contribution is 0.0276. The largest absolute Gasteiger partial charge is 0.0622 e. The fourth-order valence-electron chi connectivity index (χ4n) is 5.30. The van der Waals surface area contributed by atoms with Crippen LogP contribution in [0.1, 0.15) is 63.5 Å². The normalized spacial score (nSPS) is 38.8. The lowest BCUT2D eigenvalue weighted by Crippen LogP contribution is -2.49. The molecule has 19 heavy (non-hydrogen) atoms. The summed E-state index contributed by atoms with van der Waals surface area (Å²) < 4.78 is 0. The van der Waals surface area contributed by atoms with Gasteiger partial charge in [-0.05, 0) is 55.1 Å². The van der Waals surface area contributed by atoms with Crippen LogP contribution < -0.4 is 0 Å². The Morgan fingerprint density at radius 2 is 1.79 bits per heavy atom. The van der Waals surface area contributed by atoms with E-state index in [-0.39, 0.29) is 0 Å². The molecule has 104 valence electrons. The van der Waals surface area contributed by atoms with Crippen LogP contribution in [0.2, 0.25) is 0 Å². The van der Waals surface area contributed by atoms with Gasteiger partial charge in [0.1, 0.15) is 0 Å². The van der Waals surface area contributed by atoms with Crippen molar-refractivity contribution in [2.24, 2.45) is 17.8 Å². The average Bonchev–Trinajstić information content (AvgIpc) is 2.44. The van der Waals surface area contributed by atoms with Crippen LogP contribution in [-0.4, -0.2) is 0 Å².